The molecule has 2 aliphatic carbocycles. The molecule has 0 radical (unpaired) electrons. The van der Waals surface area contributed by atoms with Crippen LogP contribution in [0.2, 0.25) is 0 Å². The van der Waals surface area contributed by atoms with Crippen molar-refractivity contribution in [3.05, 3.63) is 59.4 Å². The van der Waals surface area contributed by atoms with Crippen LogP contribution in [0.3, 0.4) is 0 Å². The predicted octanol–water partition coefficient (Wildman–Crippen LogP) is 6.33. The third kappa shape index (κ3) is 5.66. The van der Waals surface area contributed by atoms with E-state index in [9.17, 15) is 9.18 Å². The molecule has 2 fully saturated rings. The van der Waals surface area contributed by atoms with Crippen molar-refractivity contribution < 1.29 is 27.8 Å². The lowest BCUT2D eigenvalue weighted by Crippen LogP contribution is -2.30. The Bertz CT molecular complexity index is 964. The summed E-state index contributed by atoms with van der Waals surface area (Å²) in [7, 11) is 2.91. The van der Waals surface area contributed by atoms with Crippen molar-refractivity contribution in [3.8, 4) is 11.5 Å². The minimum Gasteiger partial charge on any atom is -0.497 e. The Morgan fingerprint density at radius 1 is 1.06 bits per heavy atom. The van der Waals surface area contributed by atoms with Gasteiger partial charge in [-0.2, -0.15) is 0 Å². The van der Waals surface area contributed by atoms with Gasteiger partial charge in [-0.1, -0.05) is 12.1 Å². The maximum absolute atomic E-state index is 15.6. The Labute approximate surface area is 194 Å². The number of carbonyl (C=O) groups excluding carboxylic acids is 1. The minimum absolute atomic E-state index is 0.0886. The number of hydrogen-bond acceptors (Lipinski definition) is 4. The predicted molar refractivity (Wildman–Crippen MR) is 122 cm³/mol. The van der Waals surface area contributed by atoms with E-state index in [0.717, 1.165) is 24.2 Å². The highest BCUT2D eigenvalue weighted by Gasteiger charge is 2.39. The van der Waals surface area contributed by atoms with Crippen molar-refractivity contribution in [2.75, 3.05) is 20.8 Å². The van der Waals surface area contributed by atoms with Gasteiger partial charge in [-0.05, 0) is 92.2 Å². The van der Waals surface area contributed by atoms with Crippen LogP contribution >= 0.6 is 0 Å². The van der Waals surface area contributed by atoms with Crippen LogP contribution in [0.1, 0.15) is 62.0 Å². The van der Waals surface area contributed by atoms with Gasteiger partial charge in [0.25, 0.3) is 0 Å². The molecule has 2 saturated carbocycles. The highest BCUT2D eigenvalue weighted by Crippen LogP contribution is 2.46. The summed E-state index contributed by atoms with van der Waals surface area (Å²) in [5, 5.41) is 0. The number of carbonyl (C=O) groups is 1. The summed E-state index contributed by atoms with van der Waals surface area (Å²) in [4.78, 5) is 11.8. The van der Waals surface area contributed by atoms with Crippen molar-refractivity contribution in [2.24, 2.45) is 11.8 Å². The molecule has 0 saturated heterocycles. The Morgan fingerprint density at radius 3 is 2.48 bits per heavy atom. The van der Waals surface area contributed by atoms with E-state index in [4.69, 9.17) is 14.2 Å². The summed E-state index contributed by atoms with van der Waals surface area (Å²) in [6, 6.07) is 12.2. The van der Waals surface area contributed by atoms with E-state index in [1.54, 1.807) is 0 Å². The lowest BCUT2D eigenvalue weighted by atomic mass is 9.76. The standard InChI is InChI=1S/C27H32F2O4/c1-31-21-8-9-25(28)24(15-21)27(29)12-10-18(11-13-27)17-33-22-5-3-4-20(14-22)23(19-6-7-19)16-26(30)32-2/h3-5,8-9,14-15,18-19,23H,6-7,10-13,16-17H2,1-2H3/t18-,23?,27-. The molecule has 4 nitrogen and oxygen atoms in total. The highest BCUT2D eigenvalue weighted by molar-refractivity contribution is 5.70. The average Bonchev–Trinajstić information content (AvgIpc) is 3.68. The lowest BCUT2D eigenvalue weighted by Gasteiger charge is -2.34. The van der Waals surface area contributed by atoms with E-state index in [2.05, 4.69) is 0 Å². The van der Waals surface area contributed by atoms with E-state index in [1.807, 2.05) is 24.3 Å². The zero-order chi connectivity index (χ0) is 23.4. The van der Waals surface area contributed by atoms with Crippen molar-refractivity contribution >= 4 is 5.97 Å². The minimum atomic E-state index is -1.68. The third-order valence-corrected chi connectivity index (χ3v) is 7.13. The SMILES string of the molecule is COC(=O)CC(c1cccc(OC[C@H]2CC[C@@](F)(c3cc(OC)ccc3F)CC2)c1)C1CC1. The van der Waals surface area contributed by atoms with E-state index in [1.165, 1.54) is 32.4 Å². The number of methoxy groups -OCH3 is 2. The second kappa shape index (κ2) is 10.1. The van der Waals surface area contributed by atoms with Crippen LogP contribution in [0.4, 0.5) is 8.78 Å². The molecule has 0 amide bonds. The third-order valence-electron chi connectivity index (χ3n) is 7.13. The van der Waals surface area contributed by atoms with Gasteiger partial charge in [0.05, 0.1) is 27.2 Å². The number of benzene rings is 2. The van der Waals surface area contributed by atoms with Gasteiger partial charge < -0.3 is 14.2 Å². The zero-order valence-electron chi connectivity index (χ0n) is 19.3. The van der Waals surface area contributed by atoms with Crippen LogP contribution in [0.5, 0.6) is 11.5 Å². The van der Waals surface area contributed by atoms with E-state index < -0.39 is 11.5 Å². The molecule has 0 heterocycles. The first-order valence-electron chi connectivity index (χ1n) is 11.7. The van der Waals surface area contributed by atoms with Gasteiger partial charge in [0.15, 0.2) is 0 Å². The lowest BCUT2D eigenvalue weighted by molar-refractivity contribution is -0.141. The first-order valence-corrected chi connectivity index (χ1v) is 11.7. The molecular weight excluding hydrogens is 426 g/mol. The molecule has 0 bridgehead atoms. The van der Waals surface area contributed by atoms with Gasteiger partial charge in [0, 0.05) is 5.56 Å². The maximum atomic E-state index is 15.6. The fourth-order valence-electron chi connectivity index (χ4n) is 4.91. The van der Waals surface area contributed by atoms with Gasteiger partial charge in [-0.25, -0.2) is 8.78 Å². The number of alkyl halides is 1. The number of halogens is 2. The Morgan fingerprint density at radius 2 is 1.82 bits per heavy atom. The molecule has 178 valence electrons. The smallest absolute Gasteiger partial charge is 0.306 e. The molecule has 1 atom stereocenters. The molecule has 6 heteroatoms. The quantitative estimate of drug-likeness (QED) is 0.412. The van der Waals surface area contributed by atoms with Crippen LogP contribution in [0, 0.1) is 17.7 Å². The topological polar surface area (TPSA) is 44.8 Å². The molecule has 2 aromatic rings. The van der Waals surface area contributed by atoms with Crippen LogP contribution in [-0.2, 0) is 15.2 Å². The number of ether oxygens (including phenoxy) is 3. The van der Waals surface area contributed by atoms with Gasteiger partial charge in [-0.3, -0.25) is 4.79 Å². The number of esters is 1. The summed E-state index contributed by atoms with van der Waals surface area (Å²) in [5.41, 5.74) is -0.494. The van der Waals surface area contributed by atoms with E-state index in [0.29, 0.717) is 37.5 Å². The maximum Gasteiger partial charge on any atom is 0.306 e. The van der Waals surface area contributed by atoms with Crippen molar-refractivity contribution in [2.45, 2.75) is 56.5 Å². The molecule has 1 unspecified atom stereocenters. The van der Waals surface area contributed by atoms with Gasteiger partial charge in [0.2, 0.25) is 0 Å². The van der Waals surface area contributed by atoms with E-state index in [-0.39, 0.29) is 36.2 Å². The number of rotatable bonds is 9. The summed E-state index contributed by atoms with van der Waals surface area (Å²) >= 11 is 0. The summed E-state index contributed by atoms with van der Waals surface area (Å²) in [6.45, 7) is 0.491. The molecule has 0 spiro atoms. The second-order valence-electron chi connectivity index (χ2n) is 9.36. The van der Waals surface area contributed by atoms with Crippen molar-refractivity contribution in [3.63, 3.8) is 0 Å². The Hall–Kier alpha value is -2.63. The highest BCUT2D eigenvalue weighted by atomic mass is 19.1. The van der Waals surface area contributed by atoms with Gasteiger partial charge in [0.1, 0.15) is 23.0 Å². The average molecular weight is 459 g/mol. The largest absolute Gasteiger partial charge is 0.497 e. The molecule has 2 aromatic carbocycles. The zero-order valence-corrected chi connectivity index (χ0v) is 19.3. The summed E-state index contributed by atoms with van der Waals surface area (Å²) < 4.78 is 46.0. The van der Waals surface area contributed by atoms with Crippen LogP contribution in [-0.4, -0.2) is 26.8 Å². The molecule has 0 N–H and O–H groups in total. The molecule has 0 aliphatic heterocycles. The van der Waals surface area contributed by atoms with Crippen LogP contribution in [0.25, 0.3) is 0 Å². The number of hydrogen-bond donors (Lipinski definition) is 0. The van der Waals surface area contributed by atoms with Crippen molar-refractivity contribution in [1.82, 2.24) is 0 Å². The second-order valence-corrected chi connectivity index (χ2v) is 9.36. The van der Waals surface area contributed by atoms with Gasteiger partial charge >= 0.3 is 5.97 Å². The van der Waals surface area contributed by atoms with Gasteiger partial charge in [-0.15, -0.1) is 0 Å². The normalized spacial score (nSPS) is 23.6. The first-order chi connectivity index (χ1) is 15.9. The monoisotopic (exact) mass is 458 g/mol. The summed E-state index contributed by atoms with van der Waals surface area (Å²) in [6.07, 6.45) is 4.41. The Balaban J connectivity index is 1.35. The van der Waals surface area contributed by atoms with Crippen molar-refractivity contribution in [1.29, 1.82) is 0 Å². The Kier molecular flexibility index (Phi) is 7.20. The van der Waals surface area contributed by atoms with E-state index >= 15 is 4.39 Å². The fourth-order valence-corrected chi connectivity index (χ4v) is 4.91. The molecule has 0 aromatic heterocycles. The summed E-state index contributed by atoms with van der Waals surface area (Å²) in [5.74, 6) is 1.39. The van der Waals surface area contributed by atoms with Crippen LogP contribution < -0.4 is 9.47 Å². The fraction of sp³-hybridized carbons (Fsp3) is 0.519. The molecule has 2 aliphatic rings. The first kappa shape index (κ1) is 23.5. The molecule has 4 rings (SSSR count). The molecular formula is C27H32F2O4. The van der Waals surface area contributed by atoms with Crippen LogP contribution in [0.15, 0.2) is 42.5 Å². The molecule has 33 heavy (non-hydrogen) atoms.